The van der Waals surface area contributed by atoms with E-state index in [1.54, 1.807) is 12.5 Å². The average molecular weight is 401 g/mol. The third-order valence-electron chi connectivity index (χ3n) is 11.1. The summed E-state index contributed by atoms with van der Waals surface area (Å²) in [6.07, 6.45) is 15.5. The van der Waals surface area contributed by atoms with E-state index in [0.29, 0.717) is 34.1 Å². The highest BCUT2D eigenvalue weighted by Gasteiger charge is 2.63. The van der Waals surface area contributed by atoms with E-state index in [2.05, 4.69) is 33.8 Å². The summed E-state index contributed by atoms with van der Waals surface area (Å²) in [4.78, 5) is 11.6. The van der Waals surface area contributed by atoms with Gasteiger partial charge in [-0.3, -0.25) is 0 Å². The summed E-state index contributed by atoms with van der Waals surface area (Å²) >= 11 is 0. The van der Waals surface area contributed by atoms with Crippen molar-refractivity contribution in [1.29, 1.82) is 0 Å². The maximum Gasteiger partial charge on any atom is 0.129 e. The minimum absolute atomic E-state index is 0.355. The Morgan fingerprint density at radius 1 is 1.14 bits per heavy atom. The molecule has 0 unspecified atom stereocenters. The van der Waals surface area contributed by atoms with Crippen LogP contribution in [0.15, 0.2) is 11.6 Å². The number of ketones is 1. The summed E-state index contributed by atoms with van der Waals surface area (Å²) in [7, 11) is 1.89. The van der Waals surface area contributed by atoms with Gasteiger partial charge in [0, 0.05) is 13.5 Å². The van der Waals surface area contributed by atoms with E-state index >= 15 is 0 Å². The van der Waals surface area contributed by atoms with Gasteiger partial charge in [0.15, 0.2) is 0 Å². The molecule has 4 rings (SSSR count). The number of ether oxygens (including phenoxy) is 1. The van der Waals surface area contributed by atoms with E-state index < -0.39 is 0 Å². The highest BCUT2D eigenvalue weighted by Crippen LogP contribution is 2.71. The smallest absolute Gasteiger partial charge is 0.129 e. The van der Waals surface area contributed by atoms with Crippen LogP contribution in [-0.4, -0.2) is 19.0 Å². The van der Waals surface area contributed by atoms with E-state index in [0.717, 1.165) is 37.0 Å². The van der Waals surface area contributed by atoms with Crippen molar-refractivity contribution in [3.63, 3.8) is 0 Å². The molecule has 0 saturated heterocycles. The monoisotopic (exact) mass is 400 g/mol. The Balaban J connectivity index is 1.58. The number of methoxy groups -OCH3 is 1. The van der Waals surface area contributed by atoms with E-state index in [1.807, 2.05) is 7.11 Å². The molecule has 0 aromatic carbocycles. The molecular formula is C27H44O2. The van der Waals surface area contributed by atoms with Crippen molar-refractivity contribution in [3.8, 4) is 0 Å². The second-order valence-electron chi connectivity index (χ2n) is 11.9. The Morgan fingerprint density at radius 3 is 2.55 bits per heavy atom. The van der Waals surface area contributed by atoms with Crippen LogP contribution in [0, 0.1) is 39.9 Å². The minimum atomic E-state index is 0.355. The van der Waals surface area contributed by atoms with Gasteiger partial charge in [0.2, 0.25) is 0 Å². The molecule has 2 nitrogen and oxygen atoms in total. The van der Waals surface area contributed by atoms with Gasteiger partial charge in [0.1, 0.15) is 5.78 Å². The molecule has 0 radical (unpaired) electrons. The van der Waals surface area contributed by atoms with Crippen LogP contribution in [0.3, 0.4) is 0 Å². The first-order valence-electron chi connectivity index (χ1n) is 12.4. The van der Waals surface area contributed by atoms with Gasteiger partial charge in [0.05, 0.1) is 6.10 Å². The number of fused-ring (bicyclic) bond motifs is 5. The summed E-state index contributed by atoms with van der Waals surface area (Å²) in [5.41, 5.74) is 2.96. The predicted molar refractivity (Wildman–Crippen MR) is 120 cm³/mol. The van der Waals surface area contributed by atoms with Crippen molar-refractivity contribution in [2.75, 3.05) is 7.11 Å². The number of hydrogen-bond acceptors (Lipinski definition) is 2. The van der Waals surface area contributed by atoms with Crippen LogP contribution in [0.5, 0.6) is 0 Å². The van der Waals surface area contributed by atoms with Gasteiger partial charge in [-0.1, -0.05) is 39.3 Å². The zero-order valence-electron chi connectivity index (χ0n) is 19.9. The van der Waals surface area contributed by atoms with E-state index in [-0.39, 0.29) is 0 Å². The summed E-state index contributed by atoms with van der Waals surface area (Å²) in [5.74, 6) is 3.59. The molecule has 0 spiro atoms. The van der Waals surface area contributed by atoms with Gasteiger partial charge >= 0.3 is 0 Å². The summed E-state index contributed by atoms with van der Waals surface area (Å²) in [6, 6.07) is 0. The highest BCUT2D eigenvalue weighted by molar-refractivity contribution is 5.75. The molecule has 29 heavy (non-hydrogen) atoms. The number of rotatable bonds is 5. The van der Waals surface area contributed by atoms with Crippen LogP contribution in [0.25, 0.3) is 0 Å². The van der Waals surface area contributed by atoms with E-state index in [1.165, 1.54) is 44.9 Å². The Kier molecular flexibility index (Phi) is 5.59. The SMILES string of the molecule is CO[C@H]1CC[C@@]2(C)C(=CC[C@@H]3[C@@H]2CC[C@@]2(C)[C@H]3CC[C@]2(C)[C@H](C)CCC(C)=O)C1. The zero-order chi connectivity index (χ0) is 21.0. The minimum Gasteiger partial charge on any atom is -0.381 e. The number of Topliss-reactive ketones (excluding diaryl/α,β-unsaturated/α-hetero) is 1. The third-order valence-corrected chi connectivity index (χ3v) is 11.1. The fraction of sp³-hybridized carbons (Fsp3) is 0.889. The Bertz CT molecular complexity index is 680. The topological polar surface area (TPSA) is 26.3 Å². The van der Waals surface area contributed by atoms with E-state index in [4.69, 9.17) is 4.74 Å². The second-order valence-corrected chi connectivity index (χ2v) is 11.9. The molecule has 0 aromatic rings. The van der Waals surface area contributed by atoms with Gasteiger partial charge in [-0.05, 0) is 105 Å². The molecule has 4 aliphatic carbocycles. The second kappa shape index (κ2) is 7.50. The molecule has 2 heteroatoms. The molecular weight excluding hydrogens is 356 g/mol. The molecule has 3 saturated carbocycles. The molecule has 0 N–H and O–H groups in total. The molecule has 0 heterocycles. The predicted octanol–water partition coefficient (Wildman–Crippen LogP) is 6.98. The Hall–Kier alpha value is -0.630. The van der Waals surface area contributed by atoms with Gasteiger partial charge in [-0.25, -0.2) is 0 Å². The first kappa shape index (κ1) is 21.6. The lowest BCUT2D eigenvalue weighted by molar-refractivity contribution is -0.118. The fourth-order valence-corrected chi connectivity index (χ4v) is 8.68. The lowest BCUT2D eigenvalue weighted by atomic mass is 9.44. The number of hydrogen-bond donors (Lipinski definition) is 0. The molecule has 0 bridgehead atoms. The Labute approximate surface area is 179 Å². The van der Waals surface area contributed by atoms with Gasteiger partial charge in [-0.15, -0.1) is 0 Å². The van der Waals surface area contributed by atoms with Crippen LogP contribution in [0.1, 0.15) is 98.8 Å². The first-order chi connectivity index (χ1) is 13.7. The van der Waals surface area contributed by atoms with Crippen molar-refractivity contribution >= 4 is 5.78 Å². The largest absolute Gasteiger partial charge is 0.381 e. The summed E-state index contributed by atoms with van der Waals surface area (Å²) in [5, 5.41) is 0. The number of carbonyl (C=O) groups is 1. The van der Waals surface area contributed by atoms with Crippen LogP contribution in [0.4, 0.5) is 0 Å². The molecule has 0 aliphatic heterocycles. The maximum absolute atomic E-state index is 11.6. The lowest BCUT2D eigenvalue weighted by Crippen LogP contribution is -2.53. The molecule has 164 valence electrons. The summed E-state index contributed by atoms with van der Waals surface area (Å²) in [6.45, 7) is 12.0. The van der Waals surface area contributed by atoms with Gasteiger partial charge < -0.3 is 9.53 Å². The molecule has 4 aliphatic rings. The van der Waals surface area contributed by atoms with Crippen molar-refractivity contribution in [2.45, 2.75) is 105 Å². The average Bonchev–Trinajstić information content (AvgIpc) is 2.97. The van der Waals surface area contributed by atoms with Crippen LogP contribution in [-0.2, 0) is 9.53 Å². The quantitative estimate of drug-likeness (QED) is 0.465. The number of allylic oxidation sites excluding steroid dienone is 1. The molecule has 8 atom stereocenters. The lowest BCUT2D eigenvalue weighted by Gasteiger charge is -2.60. The summed E-state index contributed by atoms with van der Waals surface area (Å²) < 4.78 is 5.74. The van der Waals surface area contributed by atoms with Crippen molar-refractivity contribution in [1.82, 2.24) is 0 Å². The standard InChI is InChI=1S/C27H44O2/c1-18(7-8-19(2)28)26(4)15-13-24-22-10-9-20-17-21(29-6)11-14-25(20,3)23(22)12-16-27(24,26)5/h9,18,21-24H,7-8,10-17H2,1-6H3/t18-,21+,22-,23+,24+,25+,26-,27+/m1/s1. The van der Waals surface area contributed by atoms with Crippen molar-refractivity contribution in [3.05, 3.63) is 11.6 Å². The van der Waals surface area contributed by atoms with Crippen molar-refractivity contribution < 1.29 is 9.53 Å². The molecule has 3 fully saturated rings. The zero-order valence-corrected chi connectivity index (χ0v) is 19.9. The van der Waals surface area contributed by atoms with Gasteiger partial charge in [-0.2, -0.15) is 0 Å². The maximum atomic E-state index is 11.6. The molecule has 0 amide bonds. The number of carbonyl (C=O) groups excluding carboxylic acids is 1. The Morgan fingerprint density at radius 2 is 1.86 bits per heavy atom. The first-order valence-corrected chi connectivity index (χ1v) is 12.4. The molecule has 0 aromatic heterocycles. The normalized spacial score (nSPS) is 47.6. The van der Waals surface area contributed by atoms with Crippen LogP contribution in [0.2, 0.25) is 0 Å². The van der Waals surface area contributed by atoms with Crippen molar-refractivity contribution in [2.24, 2.45) is 39.9 Å². The van der Waals surface area contributed by atoms with E-state index in [9.17, 15) is 4.79 Å². The highest BCUT2D eigenvalue weighted by atomic mass is 16.5. The fourth-order valence-electron chi connectivity index (χ4n) is 8.68. The van der Waals surface area contributed by atoms with Crippen LogP contribution < -0.4 is 0 Å². The third kappa shape index (κ3) is 3.19. The van der Waals surface area contributed by atoms with Gasteiger partial charge in [0.25, 0.3) is 0 Å². The van der Waals surface area contributed by atoms with Crippen LogP contribution >= 0.6 is 0 Å².